The van der Waals surface area contributed by atoms with Crippen molar-refractivity contribution in [2.75, 3.05) is 12.9 Å². The summed E-state index contributed by atoms with van der Waals surface area (Å²) in [5.74, 6) is -1.10. The number of pyridine rings is 1. The summed E-state index contributed by atoms with van der Waals surface area (Å²) in [5, 5.41) is 10.0. The highest BCUT2D eigenvalue weighted by atomic mass is 35.5. The zero-order chi connectivity index (χ0) is 17.3. The zero-order valence-electron chi connectivity index (χ0n) is 12.9. The van der Waals surface area contributed by atoms with E-state index in [1.807, 2.05) is 0 Å². The Labute approximate surface area is 140 Å². The fraction of sp³-hybridized carbons (Fsp3) is 0.333. The van der Waals surface area contributed by atoms with E-state index in [1.165, 1.54) is 18.4 Å². The third-order valence-corrected chi connectivity index (χ3v) is 4.63. The van der Waals surface area contributed by atoms with Gasteiger partial charge in [0.25, 0.3) is 0 Å². The highest BCUT2D eigenvalue weighted by molar-refractivity contribution is 7.84. The monoisotopic (exact) mass is 357 g/mol. The smallest absolute Gasteiger partial charge is 0.344 e. The number of phenols is 1. The van der Waals surface area contributed by atoms with Crippen molar-refractivity contribution in [3.8, 4) is 5.75 Å². The SMILES string of the molecule is CCOC(=O)c1c([S@@](C)=O)n(CC)c2cc(Cl)c(O)cc2c1=O. The Balaban J connectivity index is 3.05. The number of rotatable bonds is 4. The van der Waals surface area contributed by atoms with Crippen LogP contribution in [0, 0.1) is 0 Å². The largest absolute Gasteiger partial charge is 0.506 e. The van der Waals surface area contributed by atoms with Crippen molar-refractivity contribution in [1.82, 2.24) is 4.57 Å². The number of carbonyl (C=O) groups is 1. The summed E-state index contributed by atoms with van der Waals surface area (Å²) in [6, 6.07) is 2.62. The Kier molecular flexibility index (Phi) is 5.11. The molecule has 1 aromatic carbocycles. The van der Waals surface area contributed by atoms with Crippen LogP contribution in [0.3, 0.4) is 0 Å². The van der Waals surface area contributed by atoms with Crippen molar-refractivity contribution in [3.63, 3.8) is 0 Å². The summed E-state index contributed by atoms with van der Waals surface area (Å²) in [6.45, 7) is 3.85. The average molecular weight is 358 g/mol. The minimum Gasteiger partial charge on any atom is -0.506 e. The van der Waals surface area contributed by atoms with Crippen LogP contribution in [-0.2, 0) is 22.1 Å². The number of aryl methyl sites for hydroxylation is 1. The molecule has 0 saturated heterocycles. The average Bonchev–Trinajstić information content (AvgIpc) is 2.49. The Morgan fingerprint density at radius 3 is 2.57 bits per heavy atom. The van der Waals surface area contributed by atoms with Crippen molar-refractivity contribution < 1.29 is 18.8 Å². The molecule has 2 rings (SSSR count). The van der Waals surface area contributed by atoms with Gasteiger partial charge in [0.1, 0.15) is 16.3 Å². The maximum Gasteiger partial charge on any atom is 0.344 e. The first-order valence-electron chi connectivity index (χ1n) is 6.93. The lowest BCUT2D eigenvalue weighted by atomic mass is 10.1. The Morgan fingerprint density at radius 2 is 2.04 bits per heavy atom. The van der Waals surface area contributed by atoms with Gasteiger partial charge in [-0.05, 0) is 26.0 Å². The fourth-order valence-corrected chi connectivity index (χ4v) is 3.59. The molecule has 0 amide bonds. The quantitative estimate of drug-likeness (QED) is 0.848. The van der Waals surface area contributed by atoms with Crippen molar-refractivity contribution in [2.45, 2.75) is 25.4 Å². The molecule has 1 N–H and O–H groups in total. The van der Waals surface area contributed by atoms with Crippen LogP contribution in [0.15, 0.2) is 22.0 Å². The number of aromatic hydroxyl groups is 1. The number of carbonyl (C=O) groups excluding carboxylic acids is 1. The number of ether oxygens (including phenoxy) is 1. The van der Waals surface area contributed by atoms with Gasteiger partial charge in [-0.25, -0.2) is 4.79 Å². The number of fused-ring (bicyclic) bond motifs is 1. The van der Waals surface area contributed by atoms with Crippen molar-refractivity contribution in [2.24, 2.45) is 0 Å². The van der Waals surface area contributed by atoms with Gasteiger partial charge < -0.3 is 14.4 Å². The van der Waals surface area contributed by atoms with Crippen molar-refractivity contribution >= 4 is 39.3 Å². The molecule has 1 heterocycles. The Morgan fingerprint density at radius 1 is 1.39 bits per heavy atom. The number of phenolic OH excluding ortho intramolecular Hbond substituents is 1. The summed E-state index contributed by atoms with van der Waals surface area (Å²) >= 11 is 5.92. The van der Waals surface area contributed by atoms with Crippen LogP contribution in [0.2, 0.25) is 5.02 Å². The molecule has 0 spiro atoms. The predicted octanol–water partition coefficient (Wildman–Crippen LogP) is 2.29. The van der Waals surface area contributed by atoms with Gasteiger partial charge in [0.2, 0.25) is 5.43 Å². The number of hydrogen-bond acceptors (Lipinski definition) is 5. The van der Waals surface area contributed by atoms with E-state index in [2.05, 4.69) is 0 Å². The van der Waals surface area contributed by atoms with Crippen LogP contribution < -0.4 is 5.43 Å². The topological polar surface area (TPSA) is 85.6 Å². The molecule has 124 valence electrons. The van der Waals surface area contributed by atoms with Crippen LogP contribution in [0.1, 0.15) is 24.2 Å². The van der Waals surface area contributed by atoms with Crippen molar-refractivity contribution in [1.29, 1.82) is 0 Å². The van der Waals surface area contributed by atoms with E-state index in [-0.39, 0.29) is 33.4 Å². The second-order valence-corrected chi connectivity index (χ2v) is 6.45. The molecule has 0 fully saturated rings. The number of aromatic nitrogens is 1. The van der Waals surface area contributed by atoms with Gasteiger partial charge in [-0.3, -0.25) is 9.00 Å². The minimum absolute atomic E-state index is 0.0656. The number of halogens is 1. The lowest BCUT2D eigenvalue weighted by Crippen LogP contribution is -2.26. The first-order chi connectivity index (χ1) is 10.8. The van der Waals surface area contributed by atoms with E-state index in [9.17, 15) is 18.9 Å². The molecule has 0 radical (unpaired) electrons. The molecular weight excluding hydrogens is 342 g/mol. The molecule has 8 heteroatoms. The van der Waals surface area contributed by atoms with E-state index < -0.39 is 22.2 Å². The van der Waals surface area contributed by atoms with Gasteiger partial charge in [0.05, 0.1) is 33.3 Å². The molecule has 6 nitrogen and oxygen atoms in total. The van der Waals surface area contributed by atoms with Gasteiger partial charge in [-0.2, -0.15) is 0 Å². The molecule has 2 aromatic rings. The Hall–Kier alpha value is -1.86. The summed E-state index contributed by atoms with van der Waals surface area (Å²) < 4.78 is 18.7. The molecule has 0 saturated carbocycles. The summed E-state index contributed by atoms with van der Waals surface area (Å²) in [7, 11) is -1.60. The second-order valence-electron chi connectivity index (χ2n) is 4.75. The lowest BCUT2D eigenvalue weighted by Gasteiger charge is -2.17. The summed E-state index contributed by atoms with van der Waals surface area (Å²) in [4.78, 5) is 24.9. The maximum atomic E-state index is 12.7. The van der Waals surface area contributed by atoms with Gasteiger partial charge in [-0.1, -0.05) is 11.6 Å². The molecule has 0 bridgehead atoms. The van der Waals surface area contributed by atoms with Crippen LogP contribution in [0.5, 0.6) is 5.75 Å². The summed E-state index contributed by atoms with van der Waals surface area (Å²) in [6.07, 6.45) is 1.39. The van der Waals surface area contributed by atoms with E-state index in [1.54, 1.807) is 18.4 Å². The van der Waals surface area contributed by atoms with Gasteiger partial charge in [0, 0.05) is 12.8 Å². The second kappa shape index (κ2) is 6.72. The van der Waals surface area contributed by atoms with Gasteiger partial charge in [0.15, 0.2) is 0 Å². The van der Waals surface area contributed by atoms with E-state index >= 15 is 0 Å². The van der Waals surface area contributed by atoms with E-state index in [4.69, 9.17) is 16.3 Å². The number of nitrogens with zero attached hydrogens (tertiary/aromatic N) is 1. The predicted molar refractivity (Wildman–Crippen MR) is 88.8 cm³/mol. The lowest BCUT2D eigenvalue weighted by molar-refractivity contribution is 0.0519. The minimum atomic E-state index is -1.60. The standard InChI is InChI=1S/C15H16ClNO5S/c1-4-17-10-7-9(16)11(18)6-8(10)13(19)12(14(17)23(3)21)15(20)22-5-2/h6-7,18H,4-5H2,1-3H3/t23-/m1/s1. The maximum absolute atomic E-state index is 12.7. The fourth-order valence-electron chi connectivity index (χ4n) is 2.43. The first-order valence-corrected chi connectivity index (χ1v) is 8.86. The normalized spacial score (nSPS) is 12.3. The molecule has 0 aliphatic carbocycles. The Bertz CT molecular complexity index is 875. The van der Waals surface area contributed by atoms with Gasteiger partial charge >= 0.3 is 5.97 Å². The molecule has 23 heavy (non-hydrogen) atoms. The number of hydrogen-bond donors (Lipinski definition) is 1. The summed E-state index contributed by atoms with van der Waals surface area (Å²) in [5.41, 5.74) is -0.511. The van der Waals surface area contributed by atoms with Crippen molar-refractivity contribution in [3.05, 3.63) is 32.9 Å². The van der Waals surface area contributed by atoms with Crippen LogP contribution >= 0.6 is 11.6 Å². The molecule has 0 unspecified atom stereocenters. The molecule has 1 atom stereocenters. The number of esters is 1. The molecule has 0 aliphatic rings. The van der Waals surface area contributed by atoms with Crippen LogP contribution in [0.25, 0.3) is 10.9 Å². The van der Waals surface area contributed by atoms with Gasteiger partial charge in [-0.15, -0.1) is 0 Å². The van der Waals surface area contributed by atoms with Crippen LogP contribution in [-0.4, -0.2) is 32.7 Å². The van der Waals surface area contributed by atoms with E-state index in [0.29, 0.717) is 12.1 Å². The number of benzene rings is 1. The molecular formula is C15H16ClNO5S. The third kappa shape index (κ3) is 2.98. The molecule has 0 aliphatic heterocycles. The van der Waals surface area contributed by atoms with E-state index in [0.717, 1.165) is 0 Å². The molecule has 1 aromatic heterocycles. The highest BCUT2D eigenvalue weighted by Crippen LogP contribution is 2.29. The van der Waals surface area contributed by atoms with Crippen LogP contribution in [0.4, 0.5) is 0 Å². The third-order valence-electron chi connectivity index (χ3n) is 3.35. The first kappa shape index (κ1) is 17.5. The zero-order valence-corrected chi connectivity index (χ0v) is 14.5. The highest BCUT2D eigenvalue weighted by Gasteiger charge is 2.26.